The number of fused-ring (bicyclic) bond motifs is 3. The molecule has 0 radical (unpaired) electrons. The van der Waals surface area contributed by atoms with Crippen molar-refractivity contribution in [2.45, 2.75) is 45.8 Å². The molecule has 1 fully saturated rings. The number of aliphatic hydroxyl groups is 1. The number of halogens is 3. The minimum Gasteiger partial charge on any atom is -0.504 e. The number of aliphatic hydroxyl groups excluding tert-OH is 1. The summed E-state index contributed by atoms with van der Waals surface area (Å²) in [5, 5.41) is 18.1. The first kappa shape index (κ1) is 35.9. The number of aliphatic imine (C=N–C) groups is 1. The number of hydrogen-bond acceptors (Lipinski definition) is 11. The van der Waals surface area contributed by atoms with E-state index < -0.39 is 29.1 Å². The predicted octanol–water partition coefficient (Wildman–Crippen LogP) is 3.43. The van der Waals surface area contributed by atoms with Crippen LogP contribution in [0.25, 0.3) is 17.2 Å². The zero-order valence-electron chi connectivity index (χ0n) is 30.4. The number of anilines is 2. The quantitative estimate of drug-likeness (QED) is 0.286. The van der Waals surface area contributed by atoms with Crippen molar-refractivity contribution >= 4 is 34.7 Å². The van der Waals surface area contributed by atoms with Crippen molar-refractivity contribution in [3.8, 4) is 22.9 Å². The lowest BCUT2D eigenvalue weighted by Crippen LogP contribution is -2.53. The fraction of sp³-hybridized carbons (Fsp3) is 0.405. The van der Waals surface area contributed by atoms with E-state index in [-0.39, 0.29) is 80.1 Å². The van der Waals surface area contributed by atoms with Gasteiger partial charge in [-0.1, -0.05) is 13.0 Å². The van der Waals surface area contributed by atoms with Gasteiger partial charge in [0.25, 0.3) is 11.5 Å². The van der Waals surface area contributed by atoms with Crippen LogP contribution in [0, 0.1) is 0 Å². The summed E-state index contributed by atoms with van der Waals surface area (Å²) in [4.78, 5) is 55.9. The van der Waals surface area contributed by atoms with E-state index in [1.807, 2.05) is 11.8 Å². The lowest BCUT2D eigenvalue weighted by atomic mass is 9.83. The third kappa shape index (κ3) is 6.18. The van der Waals surface area contributed by atoms with Crippen LogP contribution in [0.3, 0.4) is 0 Å². The van der Waals surface area contributed by atoms with Crippen LogP contribution >= 0.6 is 0 Å². The van der Waals surface area contributed by atoms with E-state index in [0.717, 1.165) is 10.6 Å². The van der Waals surface area contributed by atoms with Crippen LogP contribution in [-0.4, -0.2) is 105 Å². The average Bonchev–Trinajstić information content (AvgIpc) is 3.60. The second kappa shape index (κ2) is 13.7. The van der Waals surface area contributed by atoms with Crippen molar-refractivity contribution < 1.29 is 37.3 Å². The van der Waals surface area contributed by atoms with Gasteiger partial charge in [-0.05, 0) is 61.6 Å². The summed E-state index contributed by atoms with van der Waals surface area (Å²) in [6.07, 6.45) is -3.54. The summed E-state index contributed by atoms with van der Waals surface area (Å²) in [6.45, 7) is 5.05. The molecule has 4 aliphatic rings. The smallest absolute Gasteiger partial charge is 0.416 e. The monoisotopic (exact) mass is 761 g/mol. The molecule has 0 atom stereocenters. The van der Waals surface area contributed by atoms with Gasteiger partial charge in [-0.3, -0.25) is 19.4 Å². The zero-order valence-corrected chi connectivity index (χ0v) is 30.4. The average molecular weight is 762 g/mol. The van der Waals surface area contributed by atoms with Gasteiger partial charge in [-0.25, -0.2) is 0 Å². The summed E-state index contributed by atoms with van der Waals surface area (Å²) in [6, 6.07) is 7.51. The standard InChI is InChI=1S/C37H38F3N9O6/c1-4-26-30(46-12-14-47(15-13-46)34(52)29-31(51)20(2)45(3)19-41-29)35(53)49-36(43-33(44-49)23-6-5-7-27-32(23)55-17-16-54-27)48(26)18-28(50)42-25-11-10-24(37(38,39)40)21-8-9-22(21)25/h5-7,10-11,51H,4,8-9,12-19H2,1-3H3,(H,42,50). The third-order valence-corrected chi connectivity index (χ3v) is 10.6. The van der Waals surface area contributed by atoms with Crippen molar-refractivity contribution in [2.75, 3.05) is 63.3 Å². The maximum atomic E-state index is 14.5. The first-order chi connectivity index (χ1) is 26.3. The molecule has 1 saturated heterocycles. The Kier molecular flexibility index (Phi) is 8.92. The topological polar surface area (TPSA) is 159 Å². The van der Waals surface area contributed by atoms with Crippen LogP contribution in [0.15, 0.2) is 51.6 Å². The third-order valence-electron chi connectivity index (χ3n) is 10.6. The molecular weight excluding hydrogens is 723 g/mol. The summed E-state index contributed by atoms with van der Waals surface area (Å²) < 4.78 is 55.2. The maximum absolute atomic E-state index is 14.5. The molecular formula is C37H38F3N9O6. The molecule has 18 heteroatoms. The van der Waals surface area contributed by atoms with E-state index in [2.05, 4.69) is 15.4 Å². The molecule has 1 aliphatic carbocycles. The molecule has 2 N–H and O–H groups in total. The summed E-state index contributed by atoms with van der Waals surface area (Å²) in [5.74, 6) is 0.0383. The number of nitrogens with one attached hydrogen (secondary N) is 1. The molecule has 288 valence electrons. The van der Waals surface area contributed by atoms with Crippen LogP contribution in [0.1, 0.15) is 36.2 Å². The Morgan fingerprint density at radius 1 is 1.02 bits per heavy atom. The van der Waals surface area contributed by atoms with Crippen LogP contribution in [0.4, 0.5) is 24.5 Å². The summed E-state index contributed by atoms with van der Waals surface area (Å²) in [7, 11) is 1.76. The van der Waals surface area contributed by atoms with Gasteiger partial charge in [-0.15, -0.1) is 5.10 Å². The van der Waals surface area contributed by atoms with E-state index in [4.69, 9.17) is 14.5 Å². The minimum atomic E-state index is -4.50. The number of para-hydroxylation sites is 1. The van der Waals surface area contributed by atoms with Gasteiger partial charge in [0.05, 0.1) is 22.5 Å². The number of rotatable bonds is 7. The van der Waals surface area contributed by atoms with Gasteiger partial charge in [0.1, 0.15) is 32.1 Å². The Labute approximate surface area is 312 Å². The molecule has 0 spiro atoms. The molecule has 3 aliphatic heterocycles. The van der Waals surface area contributed by atoms with Gasteiger partial charge in [0.2, 0.25) is 11.7 Å². The fourth-order valence-electron chi connectivity index (χ4n) is 7.51. The fourth-order valence-corrected chi connectivity index (χ4v) is 7.51. The molecule has 2 aromatic heterocycles. The van der Waals surface area contributed by atoms with Gasteiger partial charge in [0.15, 0.2) is 28.8 Å². The Bertz CT molecular complexity index is 2380. The minimum absolute atomic E-state index is 0.0105. The van der Waals surface area contributed by atoms with Gasteiger partial charge >= 0.3 is 6.18 Å². The highest BCUT2D eigenvalue weighted by molar-refractivity contribution is 6.44. The molecule has 2 aromatic carbocycles. The van der Waals surface area contributed by atoms with Crippen molar-refractivity contribution in [1.29, 1.82) is 0 Å². The number of benzene rings is 2. The van der Waals surface area contributed by atoms with E-state index in [1.54, 1.807) is 46.5 Å². The number of alkyl halides is 3. The number of hydrogen-bond donors (Lipinski definition) is 2. The lowest BCUT2D eigenvalue weighted by molar-refractivity contribution is -0.138. The Morgan fingerprint density at radius 3 is 2.47 bits per heavy atom. The number of amides is 2. The molecule has 55 heavy (non-hydrogen) atoms. The first-order valence-electron chi connectivity index (χ1n) is 18.0. The molecule has 5 heterocycles. The number of allylic oxidation sites excluding steroid dienone is 1. The predicted molar refractivity (Wildman–Crippen MR) is 195 cm³/mol. The molecule has 8 rings (SSSR count). The van der Waals surface area contributed by atoms with Gasteiger partial charge < -0.3 is 39.2 Å². The molecule has 0 saturated carbocycles. The number of aromatic nitrogens is 4. The van der Waals surface area contributed by atoms with Crippen LogP contribution in [0.5, 0.6) is 11.5 Å². The van der Waals surface area contributed by atoms with E-state index in [9.17, 15) is 32.7 Å². The Morgan fingerprint density at radius 2 is 1.76 bits per heavy atom. The number of carbonyl (C=O) groups is 2. The highest BCUT2D eigenvalue weighted by Gasteiger charge is 2.38. The lowest BCUT2D eigenvalue weighted by Gasteiger charge is -2.37. The second-order valence-corrected chi connectivity index (χ2v) is 13.7. The summed E-state index contributed by atoms with van der Waals surface area (Å²) in [5.41, 5.74) is 1.51. The SMILES string of the molecule is CCc1c(N2CCN(C(=O)C3=NCN(C)C(C)=C3O)CC2)c(=O)n2nc(-c3cccc4c3OCCO4)nc2n1CC(=O)Nc1ccc(C(F)(F)F)c2c1CC2. The summed E-state index contributed by atoms with van der Waals surface area (Å²) >= 11 is 0. The molecule has 4 aromatic rings. The zero-order chi connectivity index (χ0) is 38.8. The Balaban J connectivity index is 1.16. The normalized spacial score (nSPS) is 16.9. The second-order valence-electron chi connectivity index (χ2n) is 13.7. The molecule has 0 unspecified atom stereocenters. The van der Waals surface area contributed by atoms with Crippen molar-refractivity contribution in [3.63, 3.8) is 0 Å². The number of nitrogens with zero attached hydrogens (tertiary/aromatic N) is 8. The molecule has 15 nitrogen and oxygen atoms in total. The van der Waals surface area contributed by atoms with E-state index in [0.29, 0.717) is 65.8 Å². The van der Waals surface area contributed by atoms with E-state index >= 15 is 0 Å². The van der Waals surface area contributed by atoms with Gasteiger partial charge in [0, 0.05) is 38.9 Å². The number of carbonyl (C=O) groups excluding carboxylic acids is 2. The van der Waals surface area contributed by atoms with E-state index in [1.165, 1.54) is 6.07 Å². The van der Waals surface area contributed by atoms with Crippen molar-refractivity contribution in [1.82, 2.24) is 29.0 Å². The van der Waals surface area contributed by atoms with Crippen molar-refractivity contribution in [2.24, 2.45) is 4.99 Å². The highest BCUT2D eigenvalue weighted by atomic mass is 19.4. The van der Waals surface area contributed by atoms with Crippen molar-refractivity contribution in [3.05, 3.63) is 74.5 Å². The Hall–Kier alpha value is -6.07. The molecule has 2 amide bonds. The maximum Gasteiger partial charge on any atom is 0.416 e. The first-order valence-corrected chi connectivity index (χ1v) is 18.0. The molecule has 0 bridgehead atoms. The van der Waals surface area contributed by atoms with Crippen LogP contribution in [0.2, 0.25) is 0 Å². The van der Waals surface area contributed by atoms with Gasteiger partial charge in [-0.2, -0.15) is 22.7 Å². The largest absolute Gasteiger partial charge is 0.504 e. The number of piperazine rings is 1. The van der Waals surface area contributed by atoms with Crippen LogP contribution < -0.4 is 25.2 Å². The highest BCUT2D eigenvalue weighted by Crippen LogP contribution is 2.42. The van der Waals surface area contributed by atoms with Crippen LogP contribution in [-0.2, 0) is 41.6 Å². The number of ether oxygens (including phenoxy) is 2.